The molecule has 0 saturated carbocycles. The Morgan fingerprint density at radius 1 is 0.617 bits per heavy atom. The summed E-state index contributed by atoms with van der Waals surface area (Å²) in [6.45, 7) is 2.79. The number of ether oxygens (including phenoxy) is 7. The van der Waals surface area contributed by atoms with E-state index in [4.69, 9.17) is 37.6 Å². The summed E-state index contributed by atoms with van der Waals surface area (Å²) >= 11 is 0. The monoisotopic (exact) mass is 814 g/mol. The Balaban J connectivity index is 1.32. The molecule has 1 aliphatic rings. The van der Waals surface area contributed by atoms with Crippen LogP contribution in [0.1, 0.15) is 55.3 Å². The van der Waals surface area contributed by atoms with Crippen molar-refractivity contribution >= 4 is 34.8 Å². The number of esters is 4. The minimum absolute atomic E-state index is 0.0266. The third-order valence-electron chi connectivity index (χ3n) is 9.15. The van der Waals surface area contributed by atoms with Gasteiger partial charge in [0.15, 0.2) is 18.0 Å². The Morgan fingerprint density at radius 3 is 1.58 bits per heavy atom. The smallest absolute Gasteiger partial charge is 0.383 e. The van der Waals surface area contributed by atoms with E-state index in [-0.39, 0.29) is 44.7 Å². The Bertz CT molecular complexity index is 2510. The van der Waals surface area contributed by atoms with Crippen molar-refractivity contribution in [2.24, 2.45) is 0 Å². The van der Waals surface area contributed by atoms with Gasteiger partial charge in [-0.3, -0.25) is 0 Å². The van der Waals surface area contributed by atoms with E-state index in [0.717, 1.165) is 0 Å². The fourth-order valence-corrected chi connectivity index (χ4v) is 6.32. The highest BCUT2D eigenvalue weighted by molar-refractivity contribution is 5.92. The number of hydrogen-bond donors (Lipinski definition) is 1. The van der Waals surface area contributed by atoms with Crippen LogP contribution < -0.4 is 15.1 Å². The minimum Gasteiger partial charge on any atom is -0.504 e. The SMILES string of the molecule is CC(C)Oc1c(O)c2ccc(O[C@@H]3O[C@H](COC(=O)c4ccccc4)[C@H](OC(=O)c4ccccc4)[C@H](OC(=O)c4ccccc4)[C@H]3OC(=O)c3ccccc3)cc2oc1=O. The Morgan fingerprint density at radius 2 is 1.08 bits per heavy atom. The van der Waals surface area contributed by atoms with E-state index < -0.39 is 78.7 Å². The van der Waals surface area contributed by atoms with E-state index in [1.54, 1.807) is 98.8 Å². The highest BCUT2D eigenvalue weighted by atomic mass is 16.7. The first-order chi connectivity index (χ1) is 29.0. The van der Waals surface area contributed by atoms with Crippen molar-refractivity contribution in [3.63, 3.8) is 0 Å². The minimum atomic E-state index is -1.68. The molecule has 306 valence electrons. The number of carbonyl (C=O) groups excluding carboxylic acids is 4. The average Bonchev–Trinajstić information content (AvgIpc) is 3.27. The van der Waals surface area contributed by atoms with Crippen molar-refractivity contribution in [2.45, 2.75) is 50.7 Å². The molecule has 0 radical (unpaired) electrons. The summed E-state index contributed by atoms with van der Waals surface area (Å²) in [4.78, 5) is 67.6. The molecule has 1 N–H and O–H groups in total. The fraction of sp³-hybridized carbons (Fsp3) is 0.196. The average molecular weight is 815 g/mol. The fourth-order valence-electron chi connectivity index (χ4n) is 6.32. The van der Waals surface area contributed by atoms with Crippen LogP contribution in [0.15, 0.2) is 149 Å². The predicted molar refractivity (Wildman–Crippen MR) is 213 cm³/mol. The molecule has 0 aliphatic carbocycles. The second kappa shape index (κ2) is 18.4. The number of aromatic hydroxyl groups is 1. The second-order valence-corrected chi connectivity index (χ2v) is 13.7. The van der Waals surface area contributed by atoms with Gasteiger partial charge in [-0.1, -0.05) is 72.8 Å². The molecule has 1 aliphatic heterocycles. The van der Waals surface area contributed by atoms with Crippen LogP contribution in [0.5, 0.6) is 17.2 Å². The van der Waals surface area contributed by atoms with Gasteiger partial charge < -0.3 is 42.7 Å². The maximum Gasteiger partial charge on any atom is 0.383 e. The molecule has 6 aromatic rings. The summed E-state index contributed by atoms with van der Waals surface area (Å²) in [6, 6.07) is 36.0. The van der Waals surface area contributed by atoms with Crippen molar-refractivity contribution in [1.82, 2.24) is 0 Å². The molecule has 1 aromatic heterocycles. The van der Waals surface area contributed by atoms with Crippen LogP contribution in [-0.4, -0.2) is 72.4 Å². The summed E-state index contributed by atoms with van der Waals surface area (Å²) in [5.74, 6) is -4.23. The summed E-state index contributed by atoms with van der Waals surface area (Å²) in [5, 5.41) is 11.0. The second-order valence-electron chi connectivity index (χ2n) is 13.7. The number of hydrogen-bond acceptors (Lipinski definition) is 14. The van der Waals surface area contributed by atoms with Crippen LogP contribution in [-0.2, 0) is 23.7 Å². The third-order valence-corrected chi connectivity index (χ3v) is 9.15. The third kappa shape index (κ3) is 9.46. The highest BCUT2D eigenvalue weighted by Gasteiger charge is 2.54. The standard InChI is InChI=1S/C46H38O14/c1-27(2)54-38-36(47)33-24-23-32(25-34(33)56-45(38)52)55-46-40(60-44(51)31-21-13-6-14-22-31)39(59-43(50)30-19-11-5-12-20-30)37(58-42(49)29-17-9-4-10-18-29)35(57-46)26-53-41(48)28-15-7-3-8-16-28/h3-25,27,35,37,39-40,46-47H,26H2,1-2H3/t35-,37+,39+,40-,46-/m1/s1. The van der Waals surface area contributed by atoms with Crippen LogP contribution in [0.4, 0.5) is 0 Å². The van der Waals surface area contributed by atoms with E-state index in [2.05, 4.69) is 0 Å². The first-order valence-electron chi connectivity index (χ1n) is 18.8. The maximum absolute atomic E-state index is 13.9. The molecule has 5 aromatic carbocycles. The molecule has 7 rings (SSSR count). The number of rotatable bonds is 13. The lowest BCUT2D eigenvalue weighted by atomic mass is 9.97. The molecule has 14 heteroatoms. The summed E-state index contributed by atoms with van der Waals surface area (Å²) < 4.78 is 47.6. The molecule has 60 heavy (non-hydrogen) atoms. The van der Waals surface area contributed by atoms with Crippen molar-refractivity contribution in [3.8, 4) is 17.2 Å². The van der Waals surface area contributed by atoms with E-state index in [1.165, 1.54) is 54.6 Å². The lowest BCUT2D eigenvalue weighted by Crippen LogP contribution is -2.63. The van der Waals surface area contributed by atoms with Gasteiger partial charge in [0.1, 0.15) is 24.0 Å². The van der Waals surface area contributed by atoms with Gasteiger partial charge in [0.25, 0.3) is 0 Å². The van der Waals surface area contributed by atoms with Crippen LogP contribution in [0.2, 0.25) is 0 Å². The van der Waals surface area contributed by atoms with Crippen molar-refractivity contribution < 1.29 is 61.9 Å². The van der Waals surface area contributed by atoms with Gasteiger partial charge in [-0.25, -0.2) is 24.0 Å². The zero-order valence-corrected chi connectivity index (χ0v) is 32.2. The molecule has 0 amide bonds. The van der Waals surface area contributed by atoms with Crippen molar-refractivity contribution in [2.75, 3.05) is 6.61 Å². The summed E-state index contributed by atoms with van der Waals surface area (Å²) in [7, 11) is 0. The quantitative estimate of drug-likeness (QED) is 0.0720. The lowest BCUT2D eigenvalue weighted by Gasteiger charge is -2.44. The Labute approximate surface area is 342 Å². The number of fused-ring (bicyclic) bond motifs is 1. The topological polar surface area (TPSA) is 183 Å². The molecule has 2 heterocycles. The van der Waals surface area contributed by atoms with Crippen molar-refractivity contribution in [1.29, 1.82) is 0 Å². The van der Waals surface area contributed by atoms with E-state index in [9.17, 15) is 29.1 Å². The van der Waals surface area contributed by atoms with Crippen LogP contribution >= 0.6 is 0 Å². The van der Waals surface area contributed by atoms with E-state index in [0.29, 0.717) is 0 Å². The molecule has 14 nitrogen and oxygen atoms in total. The van der Waals surface area contributed by atoms with Gasteiger partial charge in [0.2, 0.25) is 18.1 Å². The maximum atomic E-state index is 13.9. The molecule has 0 unspecified atom stereocenters. The highest BCUT2D eigenvalue weighted by Crippen LogP contribution is 2.36. The first-order valence-corrected chi connectivity index (χ1v) is 18.8. The van der Waals surface area contributed by atoms with Gasteiger partial charge in [-0.2, -0.15) is 0 Å². The van der Waals surface area contributed by atoms with Crippen LogP contribution in [0.3, 0.4) is 0 Å². The van der Waals surface area contributed by atoms with Crippen LogP contribution in [0.25, 0.3) is 11.0 Å². The summed E-state index contributed by atoms with van der Waals surface area (Å²) in [6.07, 6.45) is -8.49. The van der Waals surface area contributed by atoms with Gasteiger partial charge in [-0.15, -0.1) is 0 Å². The van der Waals surface area contributed by atoms with Gasteiger partial charge in [0.05, 0.1) is 33.7 Å². The molecule has 1 saturated heterocycles. The van der Waals surface area contributed by atoms with E-state index >= 15 is 0 Å². The van der Waals surface area contributed by atoms with Gasteiger partial charge in [0, 0.05) is 6.07 Å². The lowest BCUT2D eigenvalue weighted by molar-refractivity contribution is -0.275. The zero-order valence-electron chi connectivity index (χ0n) is 32.2. The number of carbonyl (C=O) groups is 4. The summed E-state index contributed by atoms with van der Waals surface area (Å²) in [5.41, 5.74) is -0.489. The molecule has 0 spiro atoms. The normalized spacial score (nSPS) is 18.6. The zero-order chi connectivity index (χ0) is 42.2. The molecule has 0 bridgehead atoms. The number of benzene rings is 5. The Kier molecular flexibility index (Phi) is 12.5. The predicted octanol–water partition coefficient (Wildman–Crippen LogP) is 6.92. The van der Waals surface area contributed by atoms with Crippen molar-refractivity contribution in [3.05, 3.63) is 172 Å². The molecular formula is C46H38O14. The van der Waals surface area contributed by atoms with Crippen LogP contribution in [0, 0.1) is 0 Å². The molecule has 1 fully saturated rings. The van der Waals surface area contributed by atoms with E-state index in [1.807, 2.05) is 0 Å². The largest absolute Gasteiger partial charge is 0.504 e. The van der Waals surface area contributed by atoms with Gasteiger partial charge in [-0.05, 0) is 74.5 Å². The molecular weight excluding hydrogens is 776 g/mol. The first kappa shape index (κ1) is 40.7. The molecule has 5 atom stereocenters. The Hall–Kier alpha value is -7.45. The van der Waals surface area contributed by atoms with Gasteiger partial charge >= 0.3 is 29.5 Å².